The Kier molecular flexibility index (Phi) is 3.75. The number of pyridine rings is 1. The number of aromatic nitrogens is 2. The number of phenolic OH excluding ortho intramolecular Hbond substituents is 1. The number of fused-ring (bicyclic) bond motifs is 7. The lowest BCUT2D eigenvalue weighted by atomic mass is 9.88. The first-order valence-corrected chi connectivity index (χ1v) is 11.3. The zero-order chi connectivity index (χ0) is 21.3. The molecule has 3 nitrogen and oxygen atoms in total. The van der Waals surface area contributed by atoms with Crippen molar-refractivity contribution in [3.63, 3.8) is 0 Å². The Labute approximate surface area is 184 Å². The summed E-state index contributed by atoms with van der Waals surface area (Å²) in [6.07, 6.45) is 1.88. The summed E-state index contributed by atoms with van der Waals surface area (Å²) in [5, 5.41) is 15.2. The Morgan fingerprint density at radius 2 is 1.65 bits per heavy atom. The number of nitrogens with zero attached hydrogens (tertiary/aromatic N) is 2. The number of hydrogen-bond acceptors (Lipinski definition) is 3. The third-order valence-corrected chi connectivity index (χ3v) is 7.30. The molecule has 1 N–H and O–H groups in total. The van der Waals surface area contributed by atoms with E-state index in [1.807, 2.05) is 29.7 Å². The lowest BCUT2D eigenvalue weighted by molar-refractivity contribution is 0.476. The van der Waals surface area contributed by atoms with Crippen LogP contribution in [0, 0.1) is 0 Å². The maximum absolute atomic E-state index is 10.3. The van der Waals surface area contributed by atoms with E-state index >= 15 is 0 Å². The van der Waals surface area contributed by atoms with Crippen molar-refractivity contribution >= 4 is 53.3 Å². The minimum Gasteiger partial charge on any atom is -0.508 e. The topological polar surface area (TPSA) is 38.0 Å². The summed E-state index contributed by atoms with van der Waals surface area (Å²) in [4.78, 5) is 4.73. The lowest BCUT2D eigenvalue weighted by Gasteiger charge is -2.20. The van der Waals surface area contributed by atoms with Gasteiger partial charge in [-0.3, -0.25) is 4.57 Å². The largest absolute Gasteiger partial charge is 0.508 e. The highest BCUT2D eigenvalue weighted by molar-refractivity contribution is 7.26. The minimum atomic E-state index is 0.0251. The Morgan fingerprint density at radius 3 is 2.48 bits per heavy atom. The fourth-order valence-electron chi connectivity index (χ4n) is 4.53. The Hall–Kier alpha value is -3.37. The molecule has 0 fully saturated rings. The van der Waals surface area contributed by atoms with Crippen LogP contribution in [0.2, 0.25) is 0 Å². The van der Waals surface area contributed by atoms with Crippen molar-refractivity contribution in [2.24, 2.45) is 0 Å². The molecule has 0 aliphatic heterocycles. The second-order valence-electron chi connectivity index (χ2n) is 9.12. The third kappa shape index (κ3) is 2.68. The summed E-state index contributed by atoms with van der Waals surface area (Å²) in [6.45, 7) is 6.64. The monoisotopic (exact) mass is 422 g/mol. The molecule has 0 radical (unpaired) electrons. The first-order valence-electron chi connectivity index (χ1n) is 10.5. The van der Waals surface area contributed by atoms with Crippen LogP contribution >= 0.6 is 11.3 Å². The van der Waals surface area contributed by atoms with Crippen LogP contribution in [0.4, 0.5) is 0 Å². The van der Waals surface area contributed by atoms with Crippen LogP contribution in [-0.4, -0.2) is 14.7 Å². The van der Waals surface area contributed by atoms with Gasteiger partial charge in [0, 0.05) is 43.2 Å². The van der Waals surface area contributed by atoms with Gasteiger partial charge < -0.3 is 5.11 Å². The molecule has 0 saturated carbocycles. The van der Waals surface area contributed by atoms with Crippen molar-refractivity contribution in [1.82, 2.24) is 9.55 Å². The fraction of sp³-hybridized carbons (Fsp3) is 0.148. The van der Waals surface area contributed by atoms with Crippen molar-refractivity contribution in [1.29, 1.82) is 0 Å². The molecule has 0 aliphatic carbocycles. The molecule has 0 atom stereocenters. The van der Waals surface area contributed by atoms with Gasteiger partial charge in [-0.1, -0.05) is 45.0 Å². The third-order valence-electron chi connectivity index (χ3n) is 6.10. The molecule has 152 valence electrons. The maximum atomic E-state index is 10.3. The van der Waals surface area contributed by atoms with E-state index in [1.54, 1.807) is 6.07 Å². The van der Waals surface area contributed by atoms with Gasteiger partial charge in [0.1, 0.15) is 11.6 Å². The molecule has 0 saturated heterocycles. The number of aromatic hydroxyl groups is 1. The SMILES string of the molecule is CC(C)(C)c1ccnc(-n2c3cc(O)ccc3c3c4sc5ccccc5c4ccc32)c1. The number of thiophene rings is 1. The average molecular weight is 423 g/mol. The molecule has 6 rings (SSSR count). The summed E-state index contributed by atoms with van der Waals surface area (Å²) in [6, 6.07) is 22.9. The summed E-state index contributed by atoms with van der Waals surface area (Å²) < 4.78 is 4.75. The van der Waals surface area contributed by atoms with Gasteiger partial charge in [-0.25, -0.2) is 4.98 Å². The van der Waals surface area contributed by atoms with Crippen molar-refractivity contribution in [3.05, 3.63) is 78.5 Å². The number of benzene rings is 3. The van der Waals surface area contributed by atoms with E-state index in [1.165, 1.54) is 31.1 Å². The summed E-state index contributed by atoms with van der Waals surface area (Å²) in [7, 11) is 0. The standard InChI is InChI=1S/C27H22N2OS/c1-27(2,3)16-12-13-28-24(14-16)29-21-11-10-19-18-6-4-5-7-23(18)31-26(19)25(21)20-9-8-17(30)15-22(20)29/h4-15,30H,1-3H3. The van der Waals surface area contributed by atoms with E-state index in [0.29, 0.717) is 0 Å². The second kappa shape index (κ2) is 6.32. The Morgan fingerprint density at radius 1 is 0.839 bits per heavy atom. The summed E-state index contributed by atoms with van der Waals surface area (Å²) >= 11 is 1.83. The van der Waals surface area contributed by atoms with Gasteiger partial charge in [0.05, 0.1) is 11.0 Å². The van der Waals surface area contributed by atoms with Crippen molar-refractivity contribution in [2.75, 3.05) is 0 Å². The van der Waals surface area contributed by atoms with Crippen LogP contribution < -0.4 is 0 Å². The Balaban J connectivity index is 1.79. The van der Waals surface area contributed by atoms with Gasteiger partial charge in [0.25, 0.3) is 0 Å². The highest BCUT2D eigenvalue weighted by Crippen LogP contribution is 2.43. The molecule has 0 aliphatic rings. The highest BCUT2D eigenvalue weighted by atomic mass is 32.1. The smallest absolute Gasteiger partial charge is 0.137 e. The number of hydrogen-bond donors (Lipinski definition) is 1. The molecule has 3 aromatic heterocycles. The number of phenols is 1. The van der Waals surface area contributed by atoms with Gasteiger partial charge in [-0.05, 0) is 47.4 Å². The highest BCUT2D eigenvalue weighted by Gasteiger charge is 2.20. The van der Waals surface area contributed by atoms with E-state index in [-0.39, 0.29) is 11.2 Å². The van der Waals surface area contributed by atoms with Crippen LogP contribution in [-0.2, 0) is 5.41 Å². The molecule has 3 aromatic carbocycles. The van der Waals surface area contributed by atoms with Crippen molar-refractivity contribution in [3.8, 4) is 11.6 Å². The van der Waals surface area contributed by atoms with Crippen LogP contribution in [0.1, 0.15) is 26.3 Å². The van der Waals surface area contributed by atoms with Gasteiger partial charge in [0.15, 0.2) is 0 Å². The molecule has 6 aromatic rings. The Bertz CT molecular complexity index is 1630. The molecular weight excluding hydrogens is 400 g/mol. The minimum absolute atomic E-state index is 0.0251. The van der Waals surface area contributed by atoms with Crippen LogP contribution in [0.15, 0.2) is 72.9 Å². The normalized spacial score (nSPS) is 12.5. The van der Waals surface area contributed by atoms with Gasteiger partial charge in [-0.15, -0.1) is 11.3 Å². The predicted molar refractivity (Wildman–Crippen MR) is 132 cm³/mol. The zero-order valence-electron chi connectivity index (χ0n) is 17.7. The molecule has 4 heteroatoms. The molecular formula is C27H22N2OS. The van der Waals surface area contributed by atoms with Gasteiger partial charge in [0.2, 0.25) is 0 Å². The molecule has 0 amide bonds. The van der Waals surface area contributed by atoms with E-state index in [2.05, 4.69) is 73.9 Å². The fourth-order valence-corrected chi connectivity index (χ4v) is 5.78. The molecule has 3 heterocycles. The zero-order valence-corrected chi connectivity index (χ0v) is 18.5. The number of rotatable bonds is 1. The van der Waals surface area contributed by atoms with Gasteiger partial charge >= 0.3 is 0 Å². The van der Waals surface area contributed by atoms with E-state index in [9.17, 15) is 5.11 Å². The van der Waals surface area contributed by atoms with E-state index in [4.69, 9.17) is 4.98 Å². The van der Waals surface area contributed by atoms with Crippen molar-refractivity contribution < 1.29 is 5.11 Å². The van der Waals surface area contributed by atoms with E-state index < -0.39 is 0 Å². The molecule has 0 spiro atoms. The molecule has 31 heavy (non-hydrogen) atoms. The second-order valence-corrected chi connectivity index (χ2v) is 10.2. The van der Waals surface area contributed by atoms with Crippen LogP contribution in [0.5, 0.6) is 5.75 Å². The van der Waals surface area contributed by atoms with Crippen LogP contribution in [0.3, 0.4) is 0 Å². The first kappa shape index (κ1) is 18.4. The first-order chi connectivity index (χ1) is 14.9. The van der Waals surface area contributed by atoms with E-state index in [0.717, 1.165) is 22.2 Å². The van der Waals surface area contributed by atoms with Gasteiger partial charge in [-0.2, -0.15) is 0 Å². The summed E-state index contributed by atoms with van der Waals surface area (Å²) in [5.74, 6) is 1.13. The van der Waals surface area contributed by atoms with Crippen molar-refractivity contribution in [2.45, 2.75) is 26.2 Å². The van der Waals surface area contributed by atoms with Crippen LogP contribution in [0.25, 0.3) is 47.8 Å². The molecule has 0 bridgehead atoms. The lowest BCUT2D eigenvalue weighted by Crippen LogP contribution is -2.12. The average Bonchev–Trinajstić information content (AvgIpc) is 3.28. The maximum Gasteiger partial charge on any atom is 0.137 e. The summed E-state index contributed by atoms with van der Waals surface area (Å²) in [5.41, 5.74) is 3.34. The quantitative estimate of drug-likeness (QED) is 0.297. The predicted octanol–water partition coefficient (Wildman–Crippen LogP) is 7.55. The molecule has 0 unspecified atom stereocenters.